The average molecular weight is 605 g/mol. The highest BCUT2D eigenvalue weighted by atomic mass is 32.1. The SMILES string of the molecule is CCOC(=O)c1c(C(F)(F)F)c(C)n(C[C@@H]2CNCCO2)c1-c1ccnc2cc(CN3C(=O)C4C(C3=O)C4(C)C)sc12. The molecule has 3 aliphatic rings. The number of likely N-dealkylation sites (tertiary alicyclic amines) is 1. The molecule has 42 heavy (non-hydrogen) atoms. The van der Waals surface area contributed by atoms with E-state index in [0.717, 1.165) is 0 Å². The lowest BCUT2D eigenvalue weighted by Crippen LogP contribution is -2.41. The second-order valence-corrected chi connectivity index (χ2v) is 12.7. The number of alkyl halides is 3. The molecular formula is C29H31F3N4O5S. The van der Waals surface area contributed by atoms with Crippen LogP contribution in [0.1, 0.15) is 47.3 Å². The van der Waals surface area contributed by atoms with Gasteiger partial charge in [-0.15, -0.1) is 11.3 Å². The van der Waals surface area contributed by atoms with E-state index in [1.807, 2.05) is 13.8 Å². The number of hydrogen-bond acceptors (Lipinski definition) is 8. The summed E-state index contributed by atoms with van der Waals surface area (Å²) in [4.78, 5) is 45.5. The van der Waals surface area contributed by atoms with Crippen molar-refractivity contribution in [2.45, 2.75) is 53.1 Å². The first-order valence-electron chi connectivity index (χ1n) is 13.9. The van der Waals surface area contributed by atoms with E-state index < -0.39 is 29.4 Å². The van der Waals surface area contributed by atoms with Crippen molar-refractivity contribution in [1.29, 1.82) is 0 Å². The number of fused-ring (bicyclic) bond motifs is 2. The summed E-state index contributed by atoms with van der Waals surface area (Å²) in [5.74, 6) is -2.11. The largest absolute Gasteiger partial charge is 0.462 e. The zero-order chi connectivity index (χ0) is 30.1. The monoisotopic (exact) mass is 604 g/mol. The fourth-order valence-electron chi connectivity index (χ4n) is 6.50. The number of halogens is 3. The Labute approximate surface area is 244 Å². The van der Waals surface area contributed by atoms with Crippen LogP contribution in [-0.2, 0) is 38.3 Å². The second-order valence-electron chi connectivity index (χ2n) is 11.5. The first-order chi connectivity index (χ1) is 19.9. The number of rotatable bonds is 7. The van der Waals surface area contributed by atoms with Gasteiger partial charge in [0.25, 0.3) is 0 Å². The fraction of sp³-hybridized carbons (Fsp3) is 0.517. The van der Waals surface area contributed by atoms with E-state index in [9.17, 15) is 27.6 Å². The Kier molecular flexibility index (Phi) is 6.97. The lowest BCUT2D eigenvalue weighted by atomic mass is 10.0. The molecule has 224 valence electrons. The van der Waals surface area contributed by atoms with Crippen LogP contribution in [0.15, 0.2) is 18.3 Å². The molecule has 2 amide bonds. The van der Waals surface area contributed by atoms with Gasteiger partial charge < -0.3 is 19.4 Å². The van der Waals surface area contributed by atoms with Crippen LogP contribution in [-0.4, -0.2) is 64.6 Å². The molecule has 3 atom stereocenters. The molecule has 5 heterocycles. The van der Waals surface area contributed by atoms with Crippen LogP contribution in [0.25, 0.3) is 21.5 Å². The molecule has 0 radical (unpaired) electrons. The minimum Gasteiger partial charge on any atom is -0.462 e. The number of imide groups is 1. The first-order valence-corrected chi connectivity index (χ1v) is 14.7. The maximum atomic E-state index is 14.6. The summed E-state index contributed by atoms with van der Waals surface area (Å²) in [5, 5.41) is 3.19. The van der Waals surface area contributed by atoms with Crippen molar-refractivity contribution in [3.63, 3.8) is 0 Å². The van der Waals surface area contributed by atoms with Crippen LogP contribution in [0.5, 0.6) is 0 Å². The van der Waals surface area contributed by atoms with E-state index >= 15 is 0 Å². The standard InChI is InChI=1S/C29H31F3N4O5S/c1-5-40-27(39)19-20(29(30,31)32)14(2)35(12-15-11-33-8-9-41-15)23(19)17-6-7-34-18-10-16(42-24(17)18)13-36-25(37)21-22(26(36)38)28(21,3)4/h6-7,10,15,21-22,33H,5,8-9,11-13H2,1-4H3/t15-,21?,22?/m0/s1. The minimum absolute atomic E-state index is 0.0569. The molecule has 3 fully saturated rings. The molecular weight excluding hydrogens is 573 g/mol. The molecule has 0 aromatic carbocycles. The number of amides is 2. The highest BCUT2D eigenvalue weighted by Gasteiger charge is 2.72. The molecule has 0 spiro atoms. The number of esters is 1. The Balaban J connectivity index is 1.48. The molecule has 1 N–H and O–H groups in total. The lowest BCUT2D eigenvalue weighted by Gasteiger charge is -2.26. The van der Waals surface area contributed by atoms with E-state index in [1.165, 1.54) is 33.9 Å². The molecule has 1 saturated carbocycles. The van der Waals surface area contributed by atoms with Gasteiger partial charge >= 0.3 is 12.1 Å². The summed E-state index contributed by atoms with van der Waals surface area (Å²) in [7, 11) is 0. The van der Waals surface area contributed by atoms with Gasteiger partial charge in [0.15, 0.2) is 0 Å². The molecule has 1 aliphatic carbocycles. The Morgan fingerprint density at radius 2 is 1.98 bits per heavy atom. The normalized spacial score (nSPS) is 23.5. The molecule has 9 nitrogen and oxygen atoms in total. The number of carbonyl (C=O) groups is 3. The van der Waals surface area contributed by atoms with Crippen molar-refractivity contribution < 1.29 is 37.0 Å². The summed E-state index contributed by atoms with van der Waals surface area (Å²) in [5.41, 5.74) is -1.11. The molecule has 13 heteroatoms. The Hall–Kier alpha value is -3.29. The molecule has 3 aromatic rings. The molecule has 2 unspecified atom stereocenters. The molecule has 0 bridgehead atoms. The number of pyridine rings is 1. The Morgan fingerprint density at radius 3 is 2.60 bits per heavy atom. The predicted molar refractivity (Wildman–Crippen MR) is 148 cm³/mol. The number of piperidine rings is 1. The van der Waals surface area contributed by atoms with Gasteiger partial charge in [0.05, 0.1) is 71.3 Å². The molecule has 3 aromatic heterocycles. The number of morpholine rings is 1. The zero-order valence-electron chi connectivity index (χ0n) is 23.6. The van der Waals surface area contributed by atoms with Crippen LogP contribution in [0.3, 0.4) is 0 Å². The van der Waals surface area contributed by atoms with Gasteiger partial charge in [0, 0.05) is 35.4 Å². The summed E-state index contributed by atoms with van der Waals surface area (Å²) >= 11 is 1.24. The smallest absolute Gasteiger partial charge is 0.418 e. The van der Waals surface area contributed by atoms with E-state index in [4.69, 9.17) is 9.47 Å². The number of hydrogen-bond donors (Lipinski definition) is 1. The van der Waals surface area contributed by atoms with E-state index in [1.54, 1.807) is 19.1 Å². The highest BCUT2D eigenvalue weighted by molar-refractivity contribution is 7.19. The third-order valence-corrected chi connectivity index (χ3v) is 9.74. The summed E-state index contributed by atoms with van der Waals surface area (Å²) in [6, 6.07) is 3.32. The van der Waals surface area contributed by atoms with Crippen LogP contribution < -0.4 is 5.32 Å². The average Bonchev–Trinajstić information content (AvgIpc) is 3.20. The number of aromatic nitrogens is 2. The number of nitrogens with zero attached hydrogens (tertiary/aromatic N) is 3. The summed E-state index contributed by atoms with van der Waals surface area (Å²) < 4.78 is 56.7. The van der Waals surface area contributed by atoms with E-state index in [0.29, 0.717) is 40.4 Å². The quantitative estimate of drug-likeness (QED) is 0.315. The van der Waals surface area contributed by atoms with E-state index in [2.05, 4.69) is 10.3 Å². The third kappa shape index (κ3) is 4.53. The molecule has 2 aliphatic heterocycles. The van der Waals surface area contributed by atoms with Gasteiger partial charge in [-0.1, -0.05) is 13.8 Å². The van der Waals surface area contributed by atoms with Crippen molar-refractivity contribution in [2.24, 2.45) is 17.3 Å². The van der Waals surface area contributed by atoms with Gasteiger partial charge in [0.2, 0.25) is 11.8 Å². The third-order valence-electron chi connectivity index (χ3n) is 8.60. The lowest BCUT2D eigenvalue weighted by molar-refractivity contribution is -0.143. The maximum absolute atomic E-state index is 14.6. The number of ether oxygens (including phenoxy) is 2. The van der Waals surface area contributed by atoms with Gasteiger partial charge in [-0.05, 0) is 31.4 Å². The zero-order valence-corrected chi connectivity index (χ0v) is 24.4. The van der Waals surface area contributed by atoms with Gasteiger partial charge in [0.1, 0.15) is 0 Å². The van der Waals surface area contributed by atoms with Crippen LogP contribution in [0.2, 0.25) is 0 Å². The number of thiophene rings is 1. The fourth-order valence-corrected chi connectivity index (χ4v) is 7.62. The van der Waals surface area contributed by atoms with Crippen molar-refractivity contribution in [2.75, 3.05) is 26.3 Å². The molecule has 2 saturated heterocycles. The van der Waals surface area contributed by atoms with Gasteiger partial charge in [-0.3, -0.25) is 19.5 Å². The maximum Gasteiger partial charge on any atom is 0.418 e. The number of carbonyl (C=O) groups excluding carboxylic acids is 3. The van der Waals surface area contributed by atoms with Gasteiger partial charge in [-0.2, -0.15) is 13.2 Å². The topological polar surface area (TPSA) is 103 Å². The van der Waals surface area contributed by atoms with Crippen LogP contribution >= 0.6 is 11.3 Å². The van der Waals surface area contributed by atoms with Crippen molar-refractivity contribution in [1.82, 2.24) is 19.8 Å². The predicted octanol–water partition coefficient (Wildman–Crippen LogP) is 4.40. The van der Waals surface area contributed by atoms with Crippen LogP contribution in [0.4, 0.5) is 13.2 Å². The Morgan fingerprint density at radius 1 is 1.26 bits per heavy atom. The minimum atomic E-state index is -4.82. The molecule has 6 rings (SSSR count). The summed E-state index contributed by atoms with van der Waals surface area (Å²) in [6.07, 6.45) is -3.76. The first kappa shape index (κ1) is 28.8. The van der Waals surface area contributed by atoms with Gasteiger partial charge in [-0.25, -0.2) is 4.79 Å². The van der Waals surface area contributed by atoms with E-state index in [-0.39, 0.29) is 60.1 Å². The van der Waals surface area contributed by atoms with Crippen molar-refractivity contribution >= 4 is 39.3 Å². The van der Waals surface area contributed by atoms with Crippen molar-refractivity contribution in [3.05, 3.63) is 40.0 Å². The Bertz CT molecular complexity index is 1580. The highest BCUT2D eigenvalue weighted by Crippen LogP contribution is 2.63. The second kappa shape index (κ2) is 10.2. The van der Waals surface area contributed by atoms with Crippen molar-refractivity contribution in [3.8, 4) is 11.3 Å². The van der Waals surface area contributed by atoms with Crippen LogP contribution in [0, 0.1) is 24.2 Å². The summed E-state index contributed by atoms with van der Waals surface area (Å²) in [6.45, 7) is 8.24. The number of nitrogens with one attached hydrogen (secondary N) is 1.